The normalized spacial score (nSPS) is 10.2. The van der Waals surface area contributed by atoms with E-state index in [-0.39, 0.29) is 0 Å². The zero-order valence-electron chi connectivity index (χ0n) is 9.30. The minimum Gasteiger partial charge on any atom is -0.444 e. The lowest BCUT2D eigenvalue weighted by Gasteiger charge is -2.08. The van der Waals surface area contributed by atoms with E-state index >= 15 is 0 Å². The molecule has 2 aromatic heterocycles. The molecule has 0 fully saturated rings. The fourth-order valence-corrected chi connectivity index (χ4v) is 1.58. The van der Waals surface area contributed by atoms with Gasteiger partial charge in [0, 0.05) is 11.8 Å². The summed E-state index contributed by atoms with van der Waals surface area (Å²) in [6.07, 6.45) is 4.99. The van der Waals surface area contributed by atoms with Crippen LogP contribution in [-0.2, 0) is 6.54 Å². The number of rotatable bonds is 4. The zero-order valence-corrected chi connectivity index (χ0v) is 10.1. The third kappa shape index (κ3) is 2.79. The van der Waals surface area contributed by atoms with Crippen molar-refractivity contribution in [3.8, 4) is 0 Å². The summed E-state index contributed by atoms with van der Waals surface area (Å²) in [5, 5.41) is 3.14. The number of pyridine rings is 1. The van der Waals surface area contributed by atoms with Gasteiger partial charge in [-0.3, -0.25) is 4.98 Å². The number of thiocarbonyl (C=S) groups is 1. The maximum atomic E-state index is 5.61. The maximum Gasteiger partial charge on any atom is 0.213 e. The van der Waals surface area contributed by atoms with E-state index in [1.165, 1.54) is 0 Å². The van der Waals surface area contributed by atoms with Gasteiger partial charge in [-0.1, -0.05) is 12.2 Å². The van der Waals surface area contributed by atoms with Crippen LogP contribution >= 0.6 is 12.2 Å². The van der Waals surface area contributed by atoms with Gasteiger partial charge in [0.05, 0.1) is 24.6 Å². The first kappa shape index (κ1) is 11.5. The minimum atomic E-state index is 0.332. The van der Waals surface area contributed by atoms with Crippen LogP contribution < -0.4 is 11.1 Å². The largest absolute Gasteiger partial charge is 0.444 e. The van der Waals surface area contributed by atoms with Gasteiger partial charge in [-0.2, -0.15) is 0 Å². The second-order valence-electron chi connectivity index (χ2n) is 3.50. The molecule has 0 saturated carbocycles. The molecule has 2 rings (SSSR count). The molecule has 2 heterocycles. The molecule has 88 valence electrons. The molecule has 0 bridgehead atoms. The number of aromatic nitrogens is 2. The van der Waals surface area contributed by atoms with Crippen LogP contribution in [0, 0.1) is 6.92 Å². The summed E-state index contributed by atoms with van der Waals surface area (Å²) in [4.78, 5) is 8.44. The fraction of sp³-hybridized carbons (Fsp3) is 0.182. The second-order valence-corrected chi connectivity index (χ2v) is 3.94. The Morgan fingerprint density at radius 1 is 1.53 bits per heavy atom. The Hall–Kier alpha value is -1.95. The summed E-state index contributed by atoms with van der Waals surface area (Å²) in [5.41, 5.74) is 7.15. The van der Waals surface area contributed by atoms with Crippen molar-refractivity contribution in [1.29, 1.82) is 0 Å². The first-order valence-corrected chi connectivity index (χ1v) is 5.46. The number of nitrogens with two attached hydrogens (primary N) is 1. The van der Waals surface area contributed by atoms with E-state index in [4.69, 9.17) is 22.4 Å². The average molecular weight is 248 g/mol. The first-order valence-electron chi connectivity index (χ1n) is 5.06. The molecule has 5 nitrogen and oxygen atoms in total. The first-order chi connectivity index (χ1) is 8.16. The predicted molar refractivity (Wildman–Crippen MR) is 68.7 cm³/mol. The molecule has 3 N–H and O–H groups in total. The van der Waals surface area contributed by atoms with Gasteiger partial charge in [-0.15, -0.1) is 0 Å². The quantitative estimate of drug-likeness (QED) is 0.801. The minimum absolute atomic E-state index is 0.332. The van der Waals surface area contributed by atoms with Crippen LogP contribution in [0.5, 0.6) is 0 Å². The summed E-state index contributed by atoms with van der Waals surface area (Å²) in [6, 6.07) is 1.77. The number of oxazole rings is 1. The van der Waals surface area contributed by atoms with Crippen molar-refractivity contribution < 1.29 is 4.42 Å². The summed E-state index contributed by atoms with van der Waals surface area (Å²) in [5.74, 6) is 1.39. The number of aryl methyl sites for hydroxylation is 1. The van der Waals surface area contributed by atoms with Gasteiger partial charge in [0.15, 0.2) is 0 Å². The van der Waals surface area contributed by atoms with Crippen LogP contribution in [0.3, 0.4) is 0 Å². The van der Waals surface area contributed by atoms with E-state index in [1.54, 1.807) is 24.7 Å². The molecular formula is C11H12N4OS. The molecule has 0 aliphatic carbocycles. The van der Waals surface area contributed by atoms with E-state index in [9.17, 15) is 0 Å². The molecule has 0 atom stereocenters. The van der Waals surface area contributed by atoms with Gasteiger partial charge in [0.1, 0.15) is 10.7 Å². The van der Waals surface area contributed by atoms with Crippen molar-refractivity contribution in [1.82, 2.24) is 9.97 Å². The zero-order chi connectivity index (χ0) is 12.3. The highest BCUT2D eigenvalue weighted by Crippen LogP contribution is 2.14. The van der Waals surface area contributed by atoms with Gasteiger partial charge < -0.3 is 15.5 Å². The Bertz CT molecular complexity index is 538. The van der Waals surface area contributed by atoms with Crippen LogP contribution in [0.2, 0.25) is 0 Å². The van der Waals surface area contributed by atoms with E-state index in [1.807, 2.05) is 6.92 Å². The lowest BCUT2D eigenvalue weighted by Crippen LogP contribution is -2.13. The Morgan fingerprint density at radius 3 is 3.00 bits per heavy atom. The van der Waals surface area contributed by atoms with Gasteiger partial charge in [0.2, 0.25) is 5.89 Å². The molecule has 0 spiro atoms. The topological polar surface area (TPSA) is 77.0 Å². The summed E-state index contributed by atoms with van der Waals surface area (Å²) in [7, 11) is 0. The molecule has 6 heteroatoms. The fourth-order valence-electron chi connectivity index (χ4n) is 1.40. The summed E-state index contributed by atoms with van der Waals surface area (Å²) >= 11 is 4.96. The van der Waals surface area contributed by atoms with Crippen molar-refractivity contribution in [2.75, 3.05) is 5.32 Å². The third-order valence-electron chi connectivity index (χ3n) is 2.19. The number of nitrogens with one attached hydrogen (secondary N) is 1. The number of anilines is 1. The van der Waals surface area contributed by atoms with Crippen molar-refractivity contribution in [2.45, 2.75) is 13.5 Å². The highest BCUT2D eigenvalue weighted by atomic mass is 32.1. The average Bonchev–Trinajstić information content (AvgIpc) is 2.73. The molecule has 2 aromatic rings. The Balaban J connectivity index is 2.11. The monoisotopic (exact) mass is 248 g/mol. The smallest absolute Gasteiger partial charge is 0.213 e. The molecule has 0 radical (unpaired) electrons. The predicted octanol–water partition coefficient (Wildman–Crippen LogP) is 1.62. The van der Waals surface area contributed by atoms with E-state index in [0.29, 0.717) is 17.4 Å². The highest BCUT2D eigenvalue weighted by molar-refractivity contribution is 7.80. The Labute approximate surface area is 104 Å². The molecule has 0 unspecified atom stereocenters. The van der Waals surface area contributed by atoms with Gasteiger partial charge in [0.25, 0.3) is 0 Å². The van der Waals surface area contributed by atoms with E-state index < -0.39 is 0 Å². The van der Waals surface area contributed by atoms with Crippen LogP contribution in [0.1, 0.15) is 17.2 Å². The summed E-state index contributed by atoms with van der Waals surface area (Å²) < 4.78 is 5.35. The molecule has 0 aliphatic rings. The van der Waals surface area contributed by atoms with Crippen LogP contribution in [0.4, 0.5) is 5.69 Å². The number of hydrogen-bond acceptors (Lipinski definition) is 5. The van der Waals surface area contributed by atoms with Crippen LogP contribution in [0.25, 0.3) is 0 Å². The van der Waals surface area contributed by atoms with Crippen LogP contribution in [0.15, 0.2) is 29.1 Å². The number of nitrogens with zero attached hydrogens (tertiary/aromatic N) is 2. The second kappa shape index (κ2) is 4.92. The molecule has 0 amide bonds. The van der Waals surface area contributed by atoms with Crippen molar-refractivity contribution in [3.63, 3.8) is 0 Å². The SMILES string of the molecule is Cc1cnc(CNc2cnccc2C(N)=S)o1. The van der Waals surface area contributed by atoms with Gasteiger partial charge >= 0.3 is 0 Å². The van der Waals surface area contributed by atoms with E-state index in [2.05, 4.69) is 15.3 Å². The lowest BCUT2D eigenvalue weighted by atomic mass is 10.2. The van der Waals surface area contributed by atoms with Crippen molar-refractivity contribution >= 4 is 22.9 Å². The van der Waals surface area contributed by atoms with Gasteiger partial charge in [-0.05, 0) is 13.0 Å². The van der Waals surface area contributed by atoms with Gasteiger partial charge in [-0.25, -0.2) is 4.98 Å². The Morgan fingerprint density at radius 2 is 2.35 bits per heavy atom. The standard InChI is InChI=1S/C11H12N4OS/c1-7-4-15-10(16-7)6-14-9-5-13-3-2-8(9)11(12)17/h2-5,14H,6H2,1H3,(H2,12,17). The Kier molecular flexibility index (Phi) is 3.34. The van der Waals surface area contributed by atoms with Crippen molar-refractivity contribution in [3.05, 3.63) is 41.9 Å². The number of hydrogen-bond donors (Lipinski definition) is 2. The third-order valence-corrected chi connectivity index (χ3v) is 2.41. The van der Waals surface area contributed by atoms with Crippen LogP contribution in [-0.4, -0.2) is 15.0 Å². The molecule has 0 aromatic carbocycles. The highest BCUT2D eigenvalue weighted by Gasteiger charge is 2.06. The maximum absolute atomic E-state index is 5.61. The lowest BCUT2D eigenvalue weighted by molar-refractivity contribution is 0.479. The van der Waals surface area contributed by atoms with Crippen molar-refractivity contribution in [2.24, 2.45) is 5.73 Å². The van der Waals surface area contributed by atoms with E-state index in [0.717, 1.165) is 17.0 Å². The molecule has 0 aliphatic heterocycles. The molecule has 0 saturated heterocycles. The molecule has 17 heavy (non-hydrogen) atoms. The molecular weight excluding hydrogens is 236 g/mol. The summed E-state index contributed by atoms with van der Waals surface area (Å²) in [6.45, 7) is 2.32.